The summed E-state index contributed by atoms with van der Waals surface area (Å²) in [5, 5.41) is 1.02. The second-order valence-corrected chi connectivity index (χ2v) is 11.1. The number of thioether (sulfide) groups is 1. The predicted molar refractivity (Wildman–Crippen MR) is 153 cm³/mol. The quantitative estimate of drug-likeness (QED) is 0.232. The molecule has 4 aromatic rings. The van der Waals surface area contributed by atoms with Crippen LogP contribution in [-0.2, 0) is 4.79 Å². The molecule has 1 atom stereocenters. The monoisotopic (exact) mass is 618 g/mol. The van der Waals surface area contributed by atoms with Gasteiger partial charge in [-0.3, -0.25) is 15.0 Å². The summed E-state index contributed by atoms with van der Waals surface area (Å²) in [6.07, 6.45) is 1.85. The average Bonchev–Trinajstić information content (AvgIpc) is 3.19. The Kier molecular flexibility index (Phi) is 7.41. The van der Waals surface area contributed by atoms with Crippen molar-refractivity contribution in [1.29, 1.82) is 0 Å². The number of nitrogens with one attached hydrogen (secondary N) is 1. The van der Waals surface area contributed by atoms with Crippen LogP contribution in [0.5, 0.6) is 0 Å². The van der Waals surface area contributed by atoms with E-state index in [1.165, 1.54) is 16.8 Å². The molecule has 1 saturated heterocycles. The van der Waals surface area contributed by atoms with E-state index in [1.54, 1.807) is 12.1 Å². The Balaban J connectivity index is 1.42. The average molecular weight is 620 g/mol. The number of halogens is 2. The van der Waals surface area contributed by atoms with Crippen molar-refractivity contribution < 1.29 is 9.59 Å². The van der Waals surface area contributed by atoms with Crippen LogP contribution < -0.4 is 5.43 Å². The molecule has 7 heteroatoms. The lowest BCUT2D eigenvalue weighted by Gasteiger charge is -2.24. The maximum atomic E-state index is 13.5. The molecule has 1 unspecified atom stereocenters. The van der Waals surface area contributed by atoms with Crippen molar-refractivity contribution in [1.82, 2.24) is 10.4 Å². The maximum Gasteiger partial charge on any atom is 0.280 e. The van der Waals surface area contributed by atoms with Gasteiger partial charge in [-0.05, 0) is 64.7 Å². The third kappa shape index (κ3) is 5.48. The molecule has 1 aliphatic rings. The zero-order valence-corrected chi connectivity index (χ0v) is 22.9. The van der Waals surface area contributed by atoms with E-state index in [4.69, 9.17) is 0 Å². The Morgan fingerprint density at radius 1 is 0.806 bits per heavy atom. The minimum atomic E-state index is -0.402. The fraction of sp³-hybridized carbons (Fsp3) is 0.0345. The Bertz CT molecular complexity index is 1460. The largest absolute Gasteiger partial charge is 0.280 e. The third-order valence-corrected chi connectivity index (χ3v) is 7.90. The minimum Gasteiger partial charge on any atom is -0.267 e. The van der Waals surface area contributed by atoms with E-state index in [0.29, 0.717) is 10.5 Å². The summed E-state index contributed by atoms with van der Waals surface area (Å²) in [6.45, 7) is 0. The van der Waals surface area contributed by atoms with E-state index in [1.807, 2.05) is 97.1 Å². The molecule has 0 radical (unpaired) electrons. The second-order valence-electron chi connectivity index (χ2n) is 8.15. The lowest BCUT2D eigenvalue weighted by molar-refractivity contribution is -0.128. The molecule has 4 nitrogen and oxygen atoms in total. The van der Waals surface area contributed by atoms with Crippen molar-refractivity contribution in [2.45, 2.75) is 5.37 Å². The van der Waals surface area contributed by atoms with Crippen LogP contribution in [0.25, 0.3) is 17.2 Å². The summed E-state index contributed by atoms with van der Waals surface area (Å²) in [7, 11) is 0. The van der Waals surface area contributed by atoms with E-state index in [2.05, 4.69) is 37.3 Å². The number of hydrogen-bond donors (Lipinski definition) is 1. The second kappa shape index (κ2) is 10.9. The molecule has 36 heavy (non-hydrogen) atoms. The highest BCUT2D eigenvalue weighted by Gasteiger charge is 2.38. The summed E-state index contributed by atoms with van der Waals surface area (Å²) in [4.78, 5) is 27.2. The van der Waals surface area contributed by atoms with E-state index >= 15 is 0 Å². The maximum absolute atomic E-state index is 13.5. The first-order valence-corrected chi connectivity index (χ1v) is 13.6. The summed E-state index contributed by atoms with van der Waals surface area (Å²) in [5.41, 5.74) is 7.23. The molecule has 0 spiro atoms. The van der Waals surface area contributed by atoms with Gasteiger partial charge in [0.1, 0.15) is 5.37 Å². The molecule has 0 aliphatic carbocycles. The van der Waals surface area contributed by atoms with Gasteiger partial charge in [0.05, 0.1) is 4.91 Å². The number of carbonyl (C=O) groups excluding carboxylic acids is 2. The Hall–Kier alpha value is -3.13. The minimum absolute atomic E-state index is 0.251. The number of hydrogen-bond acceptors (Lipinski definition) is 3. The van der Waals surface area contributed by atoms with Crippen LogP contribution in [0.4, 0.5) is 0 Å². The smallest absolute Gasteiger partial charge is 0.267 e. The number of hydrazine groups is 1. The van der Waals surface area contributed by atoms with Gasteiger partial charge < -0.3 is 0 Å². The fourth-order valence-electron chi connectivity index (χ4n) is 3.90. The molecular weight excluding hydrogens is 600 g/mol. The summed E-state index contributed by atoms with van der Waals surface area (Å²) < 4.78 is 1.83. The van der Waals surface area contributed by atoms with E-state index in [0.717, 1.165) is 31.2 Å². The first-order chi connectivity index (χ1) is 17.5. The molecule has 0 aromatic heterocycles. The first kappa shape index (κ1) is 24.6. The van der Waals surface area contributed by atoms with Gasteiger partial charge in [0.2, 0.25) is 0 Å². The van der Waals surface area contributed by atoms with Gasteiger partial charge >= 0.3 is 0 Å². The van der Waals surface area contributed by atoms with Crippen molar-refractivity contribution in [2.75, 3.05) is 0 Å². The predicted octanol–water partition coefficient (Wildman–Crippen LogP) is 7.84. The van der Waals surface area contributed by atoms with Crippen LogP contribution in [0, 0.1) is 0 Å². The van der Waals surface area contributed by atoms with Crippen molar-refractivity contribution in [2.24, 2.45) is 0 Å². The lowest BCUT2D eigenvalue weighted by Crippen LogP contribution is -2.44. The summed E-state index contributed by atoms with van der Waals surface area (Å²) >= 11 is 8.41. The molecule has 4 aromatic carbocycles. The van der Waals surface area contributed by atoms with Gasteiger partial charge in [-0.2, -0.15) is 0 Å². The molecule has 178 valence electrons. The van der Waals surface area contributed by atoms with Crippen molar-refractivity contribution in [3.05, 3.63) is 134 Å². The standard InChI is InChI=1S/C29H20Br2N2O2S/c30-24-10-4-6-19(16-24)17-26-28(35)33(29(36-26)23-9-5-11-25(31)18-23)32-27(34)22-14-12-21(13-15-22)20-7-2-1-3-8-20/h1-18,29H,(H,32,34)/b26-17-. The number of amides is 2. The van der Waals surface area contributed by atoms with Crippen molar-refractivity contribution in [3.63, 3.8) is 0 Å². The van der Waals surface area contributed by atoms with Crippen LogP contribution in [0.1, 0.15) is 26.9 Å². The Labute approximate surface area is 230 Å². The zero-order chi connectivity index (χ0) is 25.1. The molecule has 1 heterocycles. The highest BCUT2D eigenvalue weighted by atomic mass is 79.9. The Morgan fingerprint density at radius 3 is 2.17 bits per heavy atom. The highest BCUT2D eigenvalue weighted by molar-refractivity contribution is 9.10. The van der Waals surface area contributed by atoms with Gasteiger partial charge in [0.25, 0.3) is 11.8 Å². The summed E-state index contributed by atoms with van der Waals surface area (Å²) in [5.74, 6) is -0.591. The van der Waals surface area contributed by atoms with Gasteiger partial charge in [-0.15, -0.1) is 0 Å². The molecule has 1 N–H and O–H groups in total. The molecule has 1 fully saturated rings. The molecular formula is C29H20Br2N2O2S. The van der Waals surface area contributed by atoms with Gasteiger partial charge in [0, 0.05) is 14.5 Å². The highest BCUT2D eigenvalue weighted by Crippen LogP contribution is 2.45. The number of rotatable bonds is 5. The van der Waals surface area contributed by atoms with Crippen LogP contribution in [0.2, 0.25) is 0 Å². The van der Waals surface area contributed by atoms with Crippen LogP contribution in [-0.4, -0.2) is 16.8 Å². The van der Waals surface area contributed by atoms with Crippen LogP contribution in [0.3, 0.4) is 0 Å². The molecule has 0 bridgehead atoms. The number of nitrogens with zero attached hydrogens (tertiary/aromatic N) is 1. The lowest BCUT2D eigenvalue weighted by atomic mass is 10.0. The fourth-order valence-corrected chi connectivity index (χ4v) is 5.91. The molecule has 2 amide bonds. The van der Waals surface area contributed by atoms with Gasteiger partial charge in [0.15, 0.2) is 0 Å². The van der Waals surface area contributed by atoms with Crippen molar-refractivity contribution >= 4 is 61.5 Å². The third-order valence-electron chi connectivity index (χ3n) is 5.66. The number of carbonyl (C=O) groups is 2. The first-order valence-electron chi connectivity index (χ1n) is 11.2. The number of benzene rings is 4. The molecule has 5 rings (SSSR count). The van der Waals surface area contributed by atoms with E-state index in [-0.39, 0.29) is 11.8 Å². The SMILES string of the molecule is O=C(NN1C(=O)/C(=C/c2cccc(Br)c2)SC1c1cccc(Br)c1)c1ccc(-c2ccccc2)cc1. The van der Waals surface area contributed by atoms with Crippen LogP contribution >= 0.6 is 43.6 Å². The van der Waals surface area contributed by atoms with E-state index < -0.39 is 5.37 Å². The molecule has 1 aliphatic heterocycles. The van der Waals surface area contributed by atoms with Gasteiger partial charge in [-0.25, -0.2) is 5.01 Å². The normalized spacial score (nSPS) is 16.4. The summed E-state index contributed by atoms with van der Waals surface area (Å²) in [6, 6.07) is 32.9. The Morgan fingerprint density at radius 2 is 1.47 bits per heavy atom. The molecule has 0 saturated carbocycles. The van der Waals surface area contributed by atoms with Gasteiger partial charge in [-0.1, -0.05) is 110 Å². The van der Waals surface area contributed by atoms with E-state index in [9.17, 15) is 9.59 Å². The zero-order valence-electron chi connectivity index (χ0n) is 18.9. The van der Waals surface area contributed by atoms with Crippen LogP contribution in [0.15, 0.2) is 117 Å². The topological polar surface area (TPSA) is 49.4 Å². The van der Waals surface area contributed by atoms with Crippen molar-refractivity contribution in [3.8, 4) is 11.1 Å².